The molecule has 0 spiro atoms. The number of methoxy groups -OCH3 is 1. The number of furan rings is 1. The molecule has 0 bridgehead atoms. The van der Waals surface area contributed by atoms with Crippen LogP contribution in [0.2, 0.25) is 0 Å². The number of ether oxygens (including phenoxy) is 1. The minimum Gasteiger partial charge on any atom is -0.493 e. The van der Waals surface area contributed by atoms with Crippen LogP contribution in [0.5, 0.6) is 5.75 Å². The lowest BCUT2D eigenvalue weighted by Gasteiger charge is -1.99. The Kier molecular flexibility index (Phi) is 3.39. The number of rotatable bonds is 5. The summed E-state index contributed by atoms with van der Waals surface area (Å²) >= 11 is 0. The summed E-state index contributed by atoms with van der Waals surface area (Å²) in [7, 11) is 1.63. The van der Waals surface area contributed by atoms with Crippen molar-refractivity contribution in [1.82, 2.24) is 15.5 Å². The number of aromatic nitrogens is 2. The fourth-order valence-corrected chi connectivity index (χ4v) is 2.05. The predicted octanol–water partition coefficient (Wildman–Crippen LogP) is 2.42. The van der Waals surface area contributed by atoms with Gasteiger partial charge in [-0.25, -0.2) is 0 Å². The van der Waals surface area contributed by atoms with Crippen LogP contribution < -0.4 is 10.1 Å². The first-order chi connectivity index (χ1) is 9.76. The van der Waals surface area contributed by atoms with Gasteiger partial charge in [0.2, 0.25) is 5.89 Å². The Morgan fingerprint density at radius 3 is 2.95 bits per heavy atom. The van der Waals surface area contributed by atoms with Gasteiger partial charge in [-0.2, -0.15) is 4.98 Å². The zero-order valence-corrected chi connectivity index (χ0v) is 11.3. The molecule has 1 aromatic carbocycles. The SMILES string of the molecule is COc1cccc2cc(CNCc3noc(C)n3)oc12. The second-order valence-corrected chi connectivity index (χ2v) is 4.42. The van der Waals surface area contributed by atoms with Crippen LogP contribution in [-0.4, -0.2) is 17.3 Å². The average molecular weight is 273 g/mol. The fraction of sp³-hybridized carbons (Fsp3) is 0.286. The molecule has 0 aliphatic carbocycles. The van der Waals surface area contributed by atoms with Crippen LogP contribution in [0.4, 0.5) is 0 Å². The summed E-state index contributed by atoms with van der Waals surface area (Å²) in [4.78, 5) is 4.12. The first-order valence-corrected chi connectivity index (χ1v) is 6.31. The van der Waals surface area contributed by atoms with Gasteiger partial charge >= 0.3 is 0 Å². The third-order valence-electron chi connectivity index (χ3n) is 2.93. The lowest BCUT2D eigenvalue weighted by molar-refractivity contribution is 0.384. The van der Waals surface area contributed by atoms with Gasteiger partial charge < -0.3 is 19.0 Å². The van der Waals surface area contributed by atoms with E-state index in [0.29, 0.717) is 24.8 Å². The zero-order chi connectivity index (χ0) is 13.9. The Morgan fingerprint density at radius 2 is 2.20 bits per heavy atom. The summed E-state index contributed by atoms with van der Waals surface area (Å²) in [5.41, 5.74) is 0.766. The van der Waals surface area contributed by atoms with E-state index in [1.54, 1.807) is 14.0 Å². The van der Waals surface area contributed by atoms with Crippen LogP contribution in [0.15, 0.2) is 33.2 Å². The monoisotopic (exact) mass is 273 g/mol. The van der Waals surface area contributed by atoms with E-state index in [0.717, 1.165) is 22.5 Å². The molecule has 0 aliphatic rings. The molecule has 104 valence electrons. The Hall–Kier alpha value is -2.34. The highest BCUT2D eigenvalue weighted by molar-refractivity contribution is 5.83. The van der Waals surface area contributed by atoms with Gasteiger partial charge in [0.15, 0.2) is 17.2 Å². The van der Waals surface area contributed by atoms with Crippen molar-refractivity contribution in [1.29, 1.82) is 0 Å². The molecule has 6 nitrogen and oxygen atoms in total. The molecule has 20 heavy (non-hydrogen) atoms. The number of aryl methyl sites for hydroxylation is 1. The number of hydrogen-bond donors (Lipinski definition) is 1. The first kappa shape index (κ1) is 12.7. The topological polar surface area (TPSA) is 73.3 Å². The largest absolute Gasteiger partial charge is 0.493 e. The Morgan fingerprint density at radius 1 is 1.30 bits per heavy atom. The van der Waals surface area contributed by atoms with Crippen molar-refractivity contribution < 1.29 is 13.7 Å². The number of nitrogens with one attached hydrogen (secondary N) is 1. The fourth-order valence-electron chi connectivity index (χ4n) is 2.05. The lowest BCUT2D eigenvalue weighted by atomic mass is 10.2. The summed E-state index contributed by atoms with van der Waals surface area (Å²) in [6.45, 7) is 2.89. The van der Waals surface area contributed by atoms with Gasteiger partial charge in [-0.1, -0.05) is 17.3 Å². The molecule has 3 rings (SSSR count). The molecule has 6 heteroatoms. The Balaban J connectivity index is 1.68. The van der Waals surface area contributed by atoms with Crippen molar-refractivity contribution in [3.05, 3.63) is 41.7 Å². The van der Waals surface area contributed by atoms with Crippen molar-refractivity contribution in [2.45, 2.75) is 20.0 Å². The molecule has 0 unspecified atom stereocenters. The lowest BCUT2D eigenvalue weighted by Crippen LogP contribution is -2.13. The molecule has 2 heterocycles. The molecule has 0 saturated heterocycles. The number of fused-ring (bicyclic) bond motifs is 1. The molecule has 0 amide bonds. The second-order valence-electron chi connectivity index (χ2n) is 4.42. The highest BCUT2D eigenvalue weighted by Crippen LogP contribution is 2.28. The normalized spacial score (nSPS) is 11.1. The summed E-state index contributed by atoms with van der Waals surface area (Å²) in [5.74, 6) is 2.78. The van der Waals surface area contributed by atoms with Crippen LogP contribution in [0.1, 0.15) is 17.5 Å². The molecule has 0 radical (unpaired) electrons. The Labute approximate surface area is 115 Å². The minimum atomic E-state index is 0.533. The summed E-state index contributed by atoms with van der Waals surface area (Å²) in [6, 6.07) is 7.81. The maximum absolute atomic E-state index is 5.78. The van der Waals surface area contributed by atoms with Gasteiger partial charge in [-0.15, -0.1) is 0 Å². The number of para-hydroxylation sites is 1. The third-order valence-corrected chi connectivity index (χ3v) is 2.93. The molecule has 3 aromatic rings. The molecular formula is C14H15N3O3. The van der Waals surface area contributed by atoms with E-state index in [-0.39, 0.29) is 0 Å². The highest BCUT2D eigenvalue weighted by Gasteiger charge is 2.08. The van der Waals surface area contributed by atoms with Gasteiger partial charge in [0.05, 0.1) is 20.2 Å². The van der Waals surface area contributed by atoms with E-state index in [4.69, 9.17) is 13.7 Å². The molecule has 0 saturated carbocycles. The van der Waals surface area contributed by atoms with Crippen LogP contribution in [0, 0.1) is 6.92 Å². The quantitative estimate of drug-likeness (QED) is 0.769. The Bertz CT molecular complexity index is 717. The average Bonchev–Trinajstić information content (AvgIpc) is 3.04. The van der Waals surface area contributed by atoms with Crippen LogP contribution in [-0.2, 0) is 13.1 Å². The van der Waals surface area contributed by atoms with Crippen molar-refractivity contribution in [3.63, 3.8) is 0 Å². The molecule has 1 N–H and O–H groups in total. The van der Waals surface area contributed by atoms with Gasteiger partial charge in [-0.3, -0.25) is 0 Å². The molecular weight excluding hydrogens is 258 g/mol. The van der Waals surface area contributed by atoms with E-state index in [1.165, 1.54) is 0 Å². The van der Waals surface area contributed by atoms with Gasteiger partial charge in [0.25, 0.3) is 0 Å². The zero-order valence-electron chi connectivity index (χ0n) is 11.3. The molecule has 0 aliphatic heterocycles. The van der Waals surface area contributed by atoms with E-state index in [9.17, 15) is 0 Å². The minimum absolute atomic E-state index is 0.533. The predicted molar refractivity (Wildman–Crippen MR) is 72.3 cm³/mol. The van der Waals surface area contributed by atoms with Crippen molar-refractivity contribution in [2.75, 3.05) is 7.11 Å². The number of nitrogens with zero attached hydrogens (tertiary/aromatic N) is 2. The standard InChI is InChI=1S/C14H15N3O3/c1-9-16-13(17-20-9)8-15-7-11-6-10-4-3-5-12(18-2)14(10)19-11/h3-6,15H,7-8H2,1-2H3. The van der Waals surface area contributed by atoms with Crippen LogP contribution in [0.25, 0.3) is 11.0 Å². The van der Waals surface area contributed by atoms with E-state index < -0.39 is 0 Å². The van der Waals surface area contributed by atoms with Crippen molar-refractivity contribution in [2.24, 2.45) is 0 Å². The summed E-state index contributed by atoms with van der Waals surface area (Å²) in [6.07, 6.45) is 0. The molecule has 0 fully saturated rings. The number of hydrogen-bond acceptors (Lipinski definition) is 6. The van der Waals surface area contributed by atoms with Crippen LogP contribution in [0.3, 0.4) is 0 Å². The van der Waals surface area contributed by atoms with E-state index in [2.05, 4.69) is 15.5 Å². The maximum Gasteiger partial charge on any atom is 0.223 e. The van der Waals surface area contributed by atoms with Gasteiger partial charge in [0.1, 0.15) is 5.76 Å². The van der Waals surface area contributed by atoms with Crippen molar-refractivity contribution in [3.8, 4) is 5.75 Å². The third kappa shape index (κ3) is 2.50. The van der Waals surface area contributed by atoms with E-state index in [1.807, 2.05) is 24.3 Å². The first-order valence-electron chi connectivity index (χ1n) is 6.31. The highest BCUT2D eigenvalue weighted by atomic mass is 16.5. The van der Waals surface area contributed by atoms with Gasteiger partial charge in [-0.05, 0) is 12.1 Å². The smallest absolute Gasteiger partial charge is 0.223 e. The van der Waals surface area contributed by atoms with Crippen molar-refractivity contribution >= 4 is 11.0 Å². The van der Waals surface area contributed by atoms with Gasteiger partial charge in [0, 0.05) is 12.3 Å². The maximum atomic E-state index is 5.78. The number of benzene rings is 1. The summed E-state index contributed by atoms with van der Waals surface area (Å²) < 4.78 is 16.0. The van der Waals surface area contributed by atoms with E-state index >= 15 is 0 Å². The molecule has 0 atom stereocenters. The second kappa shape index (κ2) is 5.34. The summed E-state index contributed by atoms with van der Waals surface area (Å²) in [5, 5.41) is 8.05. The van der Waals surface area contributed by atoms with Crippen LogP contribution >= 0.6 is 0 Å². The molecule has 2 aromatic heterocycles.